The predicted molar refractivity (Wildman–Crippen MR) is 112 cm³/mol. The second-order valence-electron chi connectivity index (χ2n) is 6.13. The van der Waals surface area contributed by atoms with Crippen molar-refractivity contribution in [3.8, 4) is 5.75 Å². The highest BCUT2D eigenvalue weighted by Gasteiger charge is 2.19. The number of hydrogen-bond acceptors (Lipinski definition) is 4. The molecule has 144 valence electrons. The molecule has 6 heteroatoms. The first-order valence-corrected chi connectivity index (χ1v) is 10.2. The van der Waals surface area contributed by atoms with Crippen LogP contribution in [0, 0.1) is 0 Å². The van der Waals surface area contributed by atoms with Crippen LogP contribution in [0.15, 0.2) is 66.0 Å². The molecule has 1 N–H and O–H groups in total. The van der Waals surface area contributed by atoms with Crippen LogP contribution in [-0.4, -0.2) is 18.3 Å². The third kappa shape index (κ3) is 5.00. The minimum Gasteiger partial charge on any atom is -0.483 e. The van der Waals surface area contributed by atoms with Gasteiger partial charge in [0.2, 0.25) is 0 Å². The van der Waals surface area contributed by atoms with Gasteiger partial charge in [-0.05, 0) is 35.2 Å². The van der Waals surface area contributed by atoms with Gasteiger partial charge in [0, 0.05) is 16.3 Å². The normalized spacial score (nSPS) is 11.6. The topological polar surface area (TPSA) is 55.4 Å². The molecule has 4 nitrogen and oxygen atoms in total. The summed E-state index contributed by atoms with van der Waals surface area (Å²) < 4.78 is 5.64. The van der Waals surface area contributed by atoms with Crippen LogP contribution in [0.3, 0.4) is 0 Å². The summed E-state index contributed by atoms with van der Waals surface area (Å²) in [5, 5.41) is 5.45. The van der Waals surface area contributed by atoms with E-state index in [2.05, 4.69) is 5.32 Å². The van der Waals surface area contributed by atoms with E-state index in [1.54, 1.807) is 36.5 Å². The Hall–Kier alpha value is -2.63. The van der Waals surface area contributed by atoms with E-state index >= 15 is 0 Å². The summed E-state index contributed by atoms with van der Waals surface area (Å²) in [4.78, 5) is 25.7. The Labute approximate surface area is 173 Å². The van der Waals surface area contributed by atoms with Crippen LogP contribution in [0.4, 0.5) is 0 Å². The molecule has 0 spiro atoms. The third-order valence-electron chi connectivity index (χ3n) is 4.19. The first-order chi connectivity index (χ1) is 13.6. The molecule has 0 radical (unpaired) electrons. The standard InChI is InChI=1S/C22H20ClNO3S/c1-2-18(25)17-13-16(23)10-11-19(17)27-14-21(26)24-22(20-9-6-12-28-20)15-7-4-3-5-8-15/h3-13,22H,2,14H2,1H3,(H,24,26)/t22-/m0/s1. The van der Waals surface area contributed by atoms with E-state index < -0.39 is 0 Å². The van der Waals surface area contributed by atoms with Crippen molar-refractivity contribution in [3.05, 3.63) is 87.1 Å². The van der Waals surface area contributed by atoms with Gasteiger partial charge in [0.1, 0.15) is 5.75 Å². The number of halogens is 1. The molecule has 1 heterocycles. The molecular weight excluding hydrogens is 394 g/mol. The Morgan fingerprint density at radius 3 is 2.57 bits per heavy atom. The molecule has 0 saturated carbocycles. The number of carbonyl (C=O) groups is 2. The highest BCUT2D eigenvalue weighted by atomic mass is 35.5. The number of ether oxygens (including phenoxy) is 1. The average Bonchev–Trinajstić information content (AvgIpc) is 3.25. The van der Waals surface area contributed by atoms with Crippen LogP contribution in [-0.2, 0) is 4.79 Å². The highest BCUT2D eigenvalue weighted by Crippen LogP contribution is 2.27. The largest absolute Gasteiger partial charge is 0.483 e. The Morgan fingerprint density at radius 1 is 1.11 bits per heavy atom. The molecule has 1 aromatic heterocycles. The predicted octanol–water partition coefficient (Wildman–Crippen LogP) is 5.28. The fourth-order valence-corrected chi connectivity index (χ4v) is 3.78. The van der Waals surface area contributed by atoms with Crippen molar-refractivity contribution >= 4 is 34.6 Å². The first-order valence-electron chi connectivity index (χ1n) is 8.91. The molecule has 0 bridgehead atoms. The van der Waals surface area contributed by atoms with Crippen LogP contribution in [0.1, 0.15) is 40.2 Å². The number of nitrogens with one attached hydrogen (secondary N) is 1. The molecule has 0 saturated heterocycles. The van der Waals surface area contributed by atoms with E-state index in [1.165, 1.54) is 0 Å². The van der Waals surface area contributed by atoms with Crippen LogP contribution in [0.2, 0.25) is 5.02 Å². The van der Waals surface area contributed by atoms with Gasteiger partial charge in [-0.3, -0.25) is 9.59 Å². The first kappa shape index (κ1) is 20.1. The minimum absolute atomic E-state index is 0.0846. The molecule has 1 atom stereocenters. The molecule has 2 aromatic carbocycles. The van der Waals surface area contributed by atoms with Crippen molar-refractivity contribution in [2.24, 2.45) is 0 Å². The number of thiophene rings is 1. The van der Waals surface area contributed by atoms with E-state index in [1.807, 2.05) is 47.8 Å². The fraction of sp³-hybridized carbons (Fsp3) is 0.182. The summed E-state index contributed by atoms with van der Waals surface area (Å²) in [6, 6.07) is 18.3. The maximum absolute atomic E-state index is 12.6. The van der Waals surface area contributed by atoms with Crippen LogP contribution in [0.25, 0.3) is 0 Å². The molecule has 0 fully saturated rings. The van der Waals surface area contributed by atoms with Crippen molar-refractivity contribution in [2.45, 2.75) is 19.4 Å². The monoisotopic (exact) mass is 413 g/mol. The van der Waals surface area contributed by atoms with Crippen molar-refractivity contribution in [3.63, 3.8) is 0 Å². The SMILES string of the molecule is CCC(=O)c1cc(Cl)ccc1OCC(=O)N[C@@H](c1ccccc1)c1cccs1. The molecular formula is C22H20ClNO3S. The summed E-state index contributed by atoms with van der Waals surface area (Å²) in [5.41, 5.74) is 1.38. The van der Waals surface area contributed by atoms with Gasteiger partial charge in [0.05, 0.1) is 11.6 Å². The lowest BCUT2D eigenvalue weighted by Gasteiger charge is -2.18. The Morgan fingerprint density at radius 2 is 1.89 bits per heavy atom. The smallest absolute Gasteiger partial charge is 0.258 e. The van der Waals surface area contributed by atoms with E-state index in [9.17, 15) is 9.59 Å². The Kier molecular flexibility index (Phi) is 6.85. The Bertz CT molecular complexity index is 942. The number of carbonyl (C=O) groups excluding carboxylic acids is 2. The number of benzene rings is 2. The van der Waals surface area contributed by atoms with Gasteiger partial charge in [0.25, 0.3) is 5.91 Å². The Balaban J connectivity index is 1.72. The number of rotatable bonds is 8. The summed E-state index contributed by atoms with van der Waals surface area (Å²) in [6.07, 6.45) is 0.331. The average molecular weight is 414 g/mol. The van der Waals surface area contributed by atoms with Gasteiger partial charge in [0.15, 0.2) is 12.4 Å². The summed E-state index contributed by atoms with van der Waals surface area (Å²) in [5.74, 6) is 0.00420. The van der Waals surface area contributed by atoms with Gasteiger partial charge in [-0.15, -0.1) is 11.3 Å². The van der Waals surface area contributed by atoms with Crippen LogP contribution < -0.4 is 10.1 Å². The van der Waals surface area contributed by atoms with E-state index in [-0.39, 0.29) is 24.3 Å². The van der Waals surface area contributed by atoms with Gasteiger partial charge < -0.3 is 10.1 Å². The van der Waals surface area contributed by atoms with Gasteiger partial charge >= 0.3 is 0 Å². The number of Topliss-reactive ketones (excluding diaryl/α,β-unsaturated/α-hetero) is 1. The lowest BCUT2D eigenvalue weighted by molar-refractivity contribution is -0.123. The van der Waals surface area contributed by atoms with Crippen molar-refractivity contribution in [1.29, 1.82) is 0 Å². The molecule has 0 aliphatic carbocycles. The van der Waals surface area contributed by atoms with E-state index in [0.29, 0.717) is 22.8 Å². The lowest BCUT2D eigenvalue weighted by Crippen LogP contribution is -2.33. The maximum atomic E-state index is 12.6. The van der Waals surface area contributed by atoms with E-state index in [4.69, 9.17) is 16.3 Å². The summed E-state index contributed by atoms with van der Waals surface area (Å²) >= 11 is 7.57. The van der Waals surface area contributed by atoms with Crippen molar-refractivity contribution in [2.75, 3.05) is 6.61 Å². The van der Waals surface area contributed by atoms with Gasteiger partial charge in [-0.2, -0.15) is 0 Å². The maximum Gasteiger partial charge on any atom is 0.258 e. The lowest BCUT2D eigenvalue weighted by atomic mass is 10.1. The fourth-order valence-electron chi connectivity index (χ4n) is 2.80. The van der Waals surface area contributed by atoms with Crippen molar-refractivity contribution in [1.82, 2.24) is 5.32 Å². The molecule has 3 rings (SSSR count). The van der Waals surface area contributed by atoms with Gasteiger partial charge in [-0.1, -0.05) is 54.9 Å². The third-order valence-corrected chi connectivity index (χ3v) is 5.36. The summed E-state index contributed by atoms with van der Waals surface area (Å²) in [6.45, 7) is 1.57. The molecule has 0 unspecified atom stereocenters. The van der Waals surface area contributed by atoms with Gasteiger partial charge in [-0.25, -0.2) is 0 Å². The zero-order valence-electron chi connectivity index (χ0n) is 15.4. The summed E-state index contributed by atoms with van der Waals surface area (Å²) in [7, 11) is 0. The zero-order valence-corrected chi connectivity index (χ0v) is 16.9. The minimum atomic E-state index is -0.271. The van der Waals surface area contributed by atoms with Crippen LogP contribution >= 0.6 is 22.9 Å². The molecule has 0 aliphatic rings. The number of ketones is 1. The van der Waals surface area contributed by atoms with E-state index in [0.717, 1.165) is 10.4 Å². The molecule has 0 aliphatic heterocycles. The van der Waals surface area contributed by atoms with Crippen LogP contribution in [0.5, 0.6) is 5.75 Å². The quantitative estimate of drug-likeness (QED) is 0.511. The second kappa shape index (κ2) is 9.53. The second-order valence-corrected chi connectivity index (χ2v) is 7.55. The zero-order chi connectivity index (χ0) is 19.9. The molecule has 1 amide bonds. The number of amides is 1. The molecule has 3 aromatic rings. The highest BCUT2D eigenvalue weighted by molar-refractivity contribution is 7.10. The van der Waals surface area contributed by atoms with Crippen molar-refractivity contribution < 1.29 is 14.3 Å². The number of hydrogen-bond donors (Lipinski definition) is 1. The molecule has 28 heavy (non-hydrogen) atoms.